The Labute approximate surface area is 132 Å². The normalized spacial score (nSPS) is 28.6. The zero-order valence-electron chi connectivity index (χ0n) is 12.5. The molecule has 4 unspecified atom stereocenters. The molecule has 0 aromatic carbocycles. The minimum atomic E-state index is -0.651. The molecule has 0 amide bonds. The summed E-state index contributed by atoms with van der Waals surface area (Å²) in [5, 5.41) is 0. The van der Waals surface area contributed by atoms with Crippen molar-refractivity contribution < 1.29 is 28.6 Å². The Morgan fingerprint density at radius 3 is 1.90 bits per heavy atom. The van der Waals surface area contributed by atoms with Crippen LogP contribution in [0.3, 0.4) is 0 Å². The maximum atomic E-state index is 12.1. The highest BCUT2D eigenvalue weighted by molar-refractivity contribution is 9.09. The van der Waals surface area contributed by atoms with Gasteiger partial charge in [0.2, 0.25) is 0 Å². The van der Waals surface area contributed by atoms with Crippen LogP contribution in [0.15, 0.2) is 0 Å². The molecular formula is C14H21BrO6. The molecule has 4 atom stereocenters. The van der Waals surface area contributed by atoms with Crippen molar-refractivity contribution in [2.45, 2.75) is 44.5 Å². The first kappa shape index (κ1) is 17.9. The van der Waals surface area contributed by atoms with E-state index in [1.807, 2.05) is 0 Å². The Bertz CT molecular complexity index is 397. The van der Waals surface area contributed by atoms with Crippen LogP contribution in [-0.2, 0) is 28.6 Å². The van der Waals surface area contributed by atoms with Gasteiger partial charge in [0.15, 0.2) is 0 Å². The molecule has 1 aliphatic rings. The summed E-state index contributed by atoms with van der Waals surface area (Å²) in [7, 11) is 0. The first-order valence-electron chi connectivity index (χ1n) is 7.05. The van der Waals surface area contributed by atoms with Crippen molar-refractivity contribution in [2.75, 3.05) is 13.2 Å². The number of carbonyl (C=O) groups is 3. The van der Waals surface area contributed by atoms with Crippen LogP contribution in [0.5, 0.6) is 0 Å². The molecule has 7 heteroatoms. The third-order valence-electron chi connectivity index (χ3n) is 3.35. The largest absolute Gasteiger partial charge is 0.466 e. The number of rotatable bonds is 5. The van der Waals surface area contributed by atoms with Gasteiger partial charge in [-0.2, -0.15) is 0 Å². The fourth-order valence-corrected chi connectivity index (χ4v) is 3.20. The molecule has 0 aromatic rings. The van der Waals surface area contributed by atoms with Crippen LogP contribution in [0.25, 0.3) is 0 Å². The van der Waals surface area contributed by atoms with Gasteiger partial charge in [-0.1, -0.05) is 15.9 Å². The molecule has 0 saturated heterocycles. The van der Waals surface area contributed by atoms with E-state index in [2.05, 4.69) is 15.9 Å². The first-order chi connectivity index (χ1) is 9.90. The SMILES string of the molecule is CCOC(=O)C1CC(Br)C(OC(C)=O)CC1C(=O)OCC. The second kappa shape index (κ2) is 8.36. The molecule has 21 heavy (non-hydrogen) atoms. The van der Waals surface area contributed by atoms with Gasteiger partial charge in [0.25, 0.3) is 0 Å². The predicted molar refractivity (Wildman–Crippen MR) is 77.7 cm³/mol. The minimum Gasteiger partial charge on any atom is -0.466 e. The van der Waals surface area contributed by atoms with E-state index in [1.54, 1.807) is 13.8 Å². The Kier molecular flexibility index (Phi) is 7.14. The molecule has 0 aliphatic heterocycles. The molecule has 1 saturated carbocycles. The summed E-state index contributed by atoms with van der Waals surface area (Å²) in [6, 6.07) is 0. The molecule has 0 heterocycles. The third-order valence-corrected chi connectivity index (χ3v) is 4.31. The summed E-state index contributed by atoms with van der Waals surface area (Å²) in [5.74, 6) is -2.52. The van der Waals surface area contributed by atoms with Crippen LogP contribution in [-0.4, -0.2) is 42.1 Å². The summed E-state index contributed by atoms with van der Waals surface area (Å²) in [6.07, 6.45) is 0.153. The number of halogens is 1. The average Bonchev–Trinajstić information content (AvgIpc) is 2.40. The molecule has 1 rings (SSSR count). The van der Waals surface area contributed by atoms with E-state index in [-0.39, 0.29) is 24.5 Å². The van der Waals surface area contributed by atoms with Gasteiger partial charge in [-0.3, -0.25) is 14.4 Å². The Morgan fingerprint density at radius 1 is 1.00 bits per heavy atom. The summed E-state index contributed by atoms with van der Waals surface area (Å²) in [6.45, 7) is 5.23. The van der Waals surface area contributed by atoms with Crippen molar-refractivity contribution in [1.29, 1.82) is 0 Å². The molecule has 6 nitrogen and oxygen atoms in total. The zero-order chi connectivity index (χ0) is 16.0. The smallest absolute Gasteiger partial charge is 0.309 e. The van der Waals surface area contributed by atoms with Gasteiger partial charge in [0.05, 0.1) is 29.9 Å². The Balaban J connectivity index is 2.88. The highest BCUT2D eigenvalue weighted by atomic mass is 79.9. The van der Waals surface area contributed by atoms with Gasteiger partial charge in [-0.25, -0.2) is 0 Å². The molecule has 1 aliphatic carbocycles. The van der Waals surface area contributed by atoms with E-state index in [0.29, 0.717) is 6.42 Å². The lowest BCUT2D eigenvalue weighted by molar-refractivity contribution is -0.167. The second-order valence-corrected chi connectivity index (χ2v) is 6.03. The predicted octanol–water partition coefficient (Wildman–Crippen LogP) is 1.83. The summed E-state index contributed by atoms with van der Waals surface area (Å²) >= 11 is 3.42. The van der Waals surface area contributed by atoms with Crippen LogP contribution in [0, 0.1) is 11.8 Å². The highest BCUT2D eigenvalue weighted by Gasteiger charge is 2.45. The second-order valence-electron chi connectivity index (χ2n) is 4.85. The number of alkyl halides is 1. The van der Waals surface area contributed by atoms with Gasteiger partial charge in [0, 0.05) is 6.92 Å². The molecule has 0 aromatic heterocycles. The van der Waals surface area contributed by atoms with E-state index in [9.17, 15) is 14.4 Å². The lowest BCUT2D eigenvalue weighted by atomic mass is 9.77. The van der Waals surface area contributed by atoms with Gasteiger partial charge in [0.1, 0.15) is 6.10 Å². The lowest BCUT2D eigenvalue weighted by Crippen LogP contribution is -2.45. The molecule has 0 bridgehead atoms. The van der Waals surface area contributed by atoms with Crippen LogP contribution >= 0.6 is 15.9 Å². The maximum absolute atomic E-state index is 12.1. The van der Waals surface area contributed by atoms with Crippen LogP contribution in [0.2, 0.25) is 0 Å². The van der Waals surface area contributed by atoms with Crippen molar-refractivity contribution in [1.82, 2.24) is 0 Å². The van der Waals surface area contributed by atoms with E-state index >= 15 is 0 Å². The van der Waals surface area contributed by atoms with Crippen LogP contribution in [0.1, 0.15) is 33.6 Å². The van der Waals surface area contributed by atoms with Crippen LogP contribution < -0.4 is 0 Å². The van der Waals surface area contributed by atoms with Crippen molar-refractivity contribution in [3.05, 3.63) is 0 Å². The first-order valence-corrected chi connectivity index (χ1v) is 7.96. The molecule has 1 fully saturated rings. The Hall–Kier alpha value is -1.11. The quantitative estimate of drug-likeness (QED) is 0.420. The molecule has 0 spiro atoms. The number of ether oxygens (including phenoxy) is 3. The molecular weight excluding hydrogens is 344 g/mol. The highest BCUT2D eigenvalue weighted by Crippen LogP contribution is 2.37. The molecule has 0 radical (unpaired) electrons. The van der Waals surface area contributed by atoms with E-state index in [4.69, 9.17) is 14.2 Å². The van der Waals surface area contributed by atoms with Gasteiger partial charge in [-0.05, 0) is 26.7 Å². The van der Waals surface area contributed by atoms with Gasteiger partial charge in [-0.15, -0.1) is 0 Å². The Morgan fingerprint density at radius 2 is 1.48 bits per heavy atom. The van der Waals surface area contributed by atoms with Gasteiger partial charge < -0.3 is 14.2 Å². The van der Waals surface area contributed by atoms with Crippen LogP contribution in [0.4, 0.5) is 0 Å². The third kappa shape index (κ3) is 4.98. The number of hydrogen-bond acceptors (Lipinski definition) is 6. The zero-order valence-corrected chi connectivity index (χ0v) is 14.1. The minimum absolute atomic E-state index is 0.193. The summed E-state index contributed by atoms with van der Waals surface area (Å²) in [4.78, 5) is 35.0. The molecule has 120 valence electrons. The van der Waals surface area contributed by atoms with Crippen molar-refractivity contribution >= 4 is 33.8 Å². The van der Waals surface area contributed by atoms with E-state index in [1.165, 1.54) is 6.92 Å². The fraction of sp³-hybridized carbons (Fsp3) is 0.786. The van der Waals surface area contributed by atoms with Crippen molar-refractivity contribution in [2.24, 2.45) is 11.8 Å². The lowest BCUT2D eigenvalue weighted by Gasteiger charge is -2.36. The average molecular weight is 365 g/mol. The maximum Gasteiger partial charge on any atom is 0.309 e. The topological polar surface area (TPSA) is 78.9 Å². The van der Waals surface area contributed by atoms with E-state index in [0.717, 1.165) is 0 Å². The number of esters is 3. The van der Waals surface area contributed by atoms with Crippen molar-refractivity contribution in [3.8, 4) is 0 Å². The molecule has 0 N–H and O–H groups in total. The standard InChI is InChI=1S/C14H21BrO6/c1-4-19-13(17)9-6-11(15)12(21-8(3)16)7-10(9)14(18)20-5-2/h9-12H,4-7H2,1-3H3. The van der Waals surface area contributed by atoms with Gasteiger partial charge >= 0.3 is 17.9 Å². The van der Waals surface area contributed by atoms with Crippen molar-refractivity contribution in [3.63, 3.8) is 0 Å². The number of hydrogen-bond donors (Lipinski definition) is 0. The summed E-state index contributed by atoms with van der Waals surface area (Å²) in [5.41, 5.74) is 0. The monoisotopic (exact) mass is 364 g/mol. The summed E-state index contributed by atoms with van der Waals surface area (Å²) < 4.78 is 15.3. The fourth-order valence-electron chi connectivity index (χ4n) is 2.48. The van der Waals surface area contributed by atoms with E-state index < -0.39 is 35.8 Å². The number of carbonyl (C=O) groups excluding carboxylic acids is 3.